The smallest absolute Gasteiger partial charge is 0.214 e. The number of halogens is 1. The van der Waals surface area contributed by atoms with E-state index < -0.39 is 0 Å². The third-order valence-corrected chi connectivity index (χ3v) is 3.02. The van der Waals surface area contributed by atoms with Crippen molar-refractivity contribution in [2.75, 3.05) is 0 Å². The van der Waals surface area contributed by atoms with Crippen LogP contribution >= 0.6 is 15.9 Å². The molecule has 0 atom stereocenters. The molecule has 96 valence electrons. The summed E-state index contributed by atoms with van der Waals surface area (Å²) in [6.07, 6.45) is 1.68. The molecular formula is C14H13BrN4. The van der Waals surface area contributed by atoms with Crippen molar-refractivity contribution in [3.05, 3.63) is 64.6 Å². The Bertz CT molecular complexity index is 593. The molecule has 0 saturated heterocycles. The monoisotopic (exact) mass is 316 g/mol. The van der Waals surface area contributed by atoms with Crippen molar-refractivity contribution in [2.24, 2.45) is 15.8 Å². The highest BCUT2D eigenvalue weighted by molar-refractivity contribution is 9.10. The highest BCUT2D eigenvalue weighted by Gasteiger charge is 1.94. The lowest BCUT2D eigenvalue weighted by molar-refractivity contribution is 1.01. The standard InChI is InChI=1S/C14H13BrN4/c15-13-9-5-4-6-11(13)10-17-19-14(16)18-12-7-2-1-3-8-12/h1-10H,(H3,16,18,19). The predicted molar refractivity (Wildman–Crippen MR) is 82.6 cm³/mol. The van der Waals surface area contributed by atoms with Crippen LogP contribution in [0.15, 0.2) is 69.2 Å². The van der Waals surface area contributed by atoms with Crippen LogP contribution in [0.3, 0.4) is 0 Å². The van der Waals surface area contributed by atoms with Gasteiger partial charge in [0.2, 0.25) is 5.96 Å². The molecule has 0 saturated carbocycles. The van der Waals surface area contributed by atoms with E-state index in [-0.39, 0.29) is 5.96 Å². The second-order valence-corrected chi connectivity index (χ2v) is 4.58. The number of benzene rings is 2. The molecule has 0 fully saturated rings. The fraction of sp³-hybridized carbons (Fsp3) is 0. The van der Waals surface area contributed by atoms with Crippen molar-refractivity contribution in [3.63, 3.8) is 0 Å². The van der Waals surface area contributed by atoms with Gasteiger partial charge in [-0.25, -0.2) is 10.4 Å². The zero-order chi connectivity index (χ0) is 13.5. The van der Waals surface area contributed by atoms with Crippen molar-refractivity contribution in [1.82, 2.24) is 5.43 Å². The zero-order valence-electron chi connectivity index (χ0n) is 10.1. The molecular weight excluding hydrogens is 304 g/mol. The normalized spacial score (nSPS) is 11.7. The lowest BCUT2D eigenvalue weighted by Gasteiger charge is -2.00. The van der Waals surface area contributed by atoms with Gasteiger partial charge in [0.1, 0.15) is 0 Å². The first-order valence-electron chi connectivity index (χ1n) is 5.68. The molecule has 0 unspecified atom stereocenters. The van der Waals surface area contributed by atoms with E-state index in [1.165, 1.54) is 0 Å². The Hall–Kier alpha value is -2.14. The number of hydrogen-bond acceptors (Lipinski definition) is 2. The van der Waals surface area contributed by atoms with Gasteiger partial charge in [-0.3, -0.25) is 0 Å². The molecule has 0 heterocycles. The minimum Gasteiger partial charge on any atom is -0.368 e. The third kappa shape index (κ3) is 4.22. The Morgan fingerprint density at radius 3 is 2.47 bits per heavy atom. The number of hydrogen-bond donors (Lipinski definition) is 2. The molecule has 3 N–H and O–H groups in total. The summed E-state index contributed by atoms with van der Waals surface area (Å²) in [4.78, 5) is 4.17. The van der Waals surface area contributed by atoms with Crippen molar-refractivity contribution in [1.29, 1.82) is 0 Å². The summed E-state index contributed by atoms with van der Waals surface area (Å²) in [5, 5.41) is 4.04. The average Bonchev–Trinajstić information content (AvgIpc) is 2.42. The summed E-state index contributed by atoms with van der Waals surface area (Å²) in [5.41, 5.74) is 10.1. The minimum atomic E-state index is 0.245. The lowest BCUT2D eigenvalue weighted by Crippen LogP contribution is -2.26. The number of nitrogens with zero attached hydrogens (tertiary/aromatic N) is 2. The summed E-state index contributed by atoms with van der Waals surface area (Å²) in [7, 11) is 0. The molecule has 0 radical (unpaired) electrons. The molecule has 0 spiro atoms. The van der Waals surface area contributed by atoms with Crippen LogP contribution in [0, 0.1) is 0 Å². The van der Waals surface area contributed by atoms with E-state index in [0.717, 1.165) is 15.7 Å². The van der Waals surface area contributed by atoms with Gasteiger partial charge < -0.3 is 5.73 Å². The maximum Gasteiger partial charge on any atom is 0.214 e. The first-order valence-corrected chi connectivity index (χ1v) is 6.48. The molecule has 2 aromatic rings. The zero-order valence-corrected chi connectivity index (χ0v) is 11.7. The van der Waals surface area contributed by atoms with Gasteiger partial charge in [0.15, 0.2) is 0 Å². The summed E-state index contributed by atoms with van der Waals surface area (Å²) in [5.74, 6) is 0.245. The molecule has 0 bridgehead atoms. The number of nitrogens with two attached hydrogens (primary N) is 1. The van der Waals surface area contributed by atoms with E-state index >= 15 is 0 Å². The molecule has 0 aliphatic heterocycles. The average molecular weight is 317 g/mol. The van der Waals surface area contributed by atoms with E-state index in [4.69, 9.17) is 5.73 Å². The predicted octanol–water partition coefficient (Wildman–Crippen LogP) is 3.02. The summed E-state index contributed by atoms with van der Waals surface area (Å²) >= 11 is 3.44. The number of para-hydroxylation sites is 1. The summed E-state index contributed by atoms with van der Waals surface area (Å²) < 4.78 is 0.971. The highest BCUT2D eigenvalue weighted by Crippen LogP contribution is 2.13. The number of aliphatic imine (C=N–C) groups is 1. The number of hydrazone groups is 1. The van der Waals surface area contributed by atoms with E-state index in [1.807, 2.05) is 54.6 Å². The third-order valence-electron chi connectivity index (χ3n) is 2.29. The van der Waals surface area contributed by atoms with Crippen LogP contribution in [0.1, 0.15) is 5.56 Å². The molecule has 0 aromatic heterocycles. The summed E-state index contributed by atoms with van der Waals surface area (Å²) in [6.45, 7) is 0. The molecule has 2 aromatic carbocycles. The molecule has 2 rings (SSSR count). The van der Waals surface area contributed by atoms with Gasteiger partial charge >= 0.3 is 0 Å². The first-order chi connectivity index (χ1) is 9.25. The molecule has 0 aliphatic carbocycles. The quantitative estimate of drug-likeness (QED) is 0.519. The van der Waals surface area contributed by atoms with Gasteiger partial charge in [-0.2, -0.15) is 5.10 Å². The van der Waals surface area contributed by atoms with Gasteiger partial charge in [0.05, 0.1) is 11.9 Å². The van der Waals surface area contributed by atoms with Gasteiger partial charge in [0, 0.05) is 10.0 Å². The van der Waals surface area contributed by atoms with Crippen LogP contribution in [0.5, 0.6) is 0 Å². The van der Waals surface area contributed by atoms with Crippen molar-refractivity contribution < 1.29 is 0 Å². The fourth-order valence-electron chi connectivity index (χ4n) is 1.41. The van der Waals surface area contributed by atoms with E-state index in [0.29, 0.717) is 0 Å². The molecule has 4 nitrogen and oxygen atoms in total. The largest absolute Gasteiger partial charge is 0.368 e. The van der Waals surface area contributed by atoms with Crippen molar-refractivity contribution in [2.45, 2.75) is 0 Å². The molecule has 0 amide bonds. The molecule has 0 aliphatic rings. The molecule has 19 heavy (non-hydrogen) atoms. The fourth-order valence-corrected chi connectivity index (χ4v) is 1.80. The summed E-state index contributed by atoms with van der Waals surface area (Å²) in [6, 6.07) is 17.2. The van der Waals surface area contributed by atoms with Gasteiger partial charge in [-0.05, 0) is 18.2 Å². The number of rotatable bonds is 3. The highest BCUT2D eigenvalue weighted by atomic mass is 79.9. The topological polar surface area (TPSA) is 62.8 Å². The van der Waals surface area contributed by atoms with Crippen molar-refractivity contribution in [3.8, 4) is 0 Å². The Morgan fingerprint density at radius 2 is 1.74 bits per heavy atom. The van der Waals surface area contributed by atoms with Crippen LogP contribution in [0.4, 0.5) is 5.69 Å². The molecule has 5 heteroatoms. The Morgan fingerprint density at radius 1 is 1.05 bits per heavy atom. The lowest BCUT2D eigenvalue weighted by atomic mass is 10.2. The first kappa shape index (κ1) is 13.3. The second kappa shape index (κ2) is 6.70. The maximum atomic E-state index is 5.72. The van der Waals surface area contributed by atoms with Crippen molar-refractivity contribution >= 4 is 33.8 Å². The Kier molecular flexibility index (Phi) is 4.69. The van der Waals surface area contributed by atoms with Crippen LogP contribution in [0.25, 0.3) is 0 Å². The SMILES string of the molecule is NC(=Nc1ccccc1)NN=Cc1ccccc1Br. The Labute approximate surface area is 120 Å². The van der Waals surface area contributed by atoms with E-state index in [2.05, 4.69) is 31.4 Å². The maximum absolute atomic E-state index is 5.72. The number of nitrogens with one attached hydrogen (secondary N) is 1. The minimum absolute atomic E-state index is 0.245. The number of guanidine groups is 1. The van der Waals surface area contributed by atoms with Crippen LogP contribution in [-0.4, -0.2) is 12.2 Å². The van der Waals surface area contributed by atoms with E-state index in [9.17, 15) is 0 Å². The van der Waals surface area contributed by atoms with Gasteiger partial charge in [-0.15, -0.1) is 0 Å². The van der Waals surface area contributed by atoms with Gasteiger partial charge in [0.25, 0.3) is 0 Å². The van der Waals surface area contributed by atoms with Gasteiger partial charge in [-0.1, -0.05) is 52.3 Å². The second-order valence-electron chi connectivity index (χ2n) is 3.72. The van der Waals surface area contributed by atoms with E-state index in [1.54, 1.807) is 6.21 Å². The van der Waals surface area contributed by atoms with Crippen LogP contribution < -0.4 is 11.2 Å². The Balaban J connectivity index is 1.99. The van der Waals surface area contributed by atoms with Crippen LogP contribution in [-0.2, 0) is 0 Å². The van der Waals surface area contributed by atoms with Crippen LogP contribution in [0.2, 0.25) is 0 Å².